The zero-order valence-corrected chi connectivity index (χ0v) is 14.1. The van der Waals surface area contributed by atoms with E-state index in [1.54, 1.807) is 0 Å². The molecule has 1 saturated heterocycles. The van der Waals surface area contributed by atoms with Crippen molar-refractivity contribution < 1.29 is 5.11 Å². The van der Waals surface area contributed by atoms with E-state index < -0.39 is 0 Å². The van der Waals surface area contributed by atoms with Gasteiger partial charge in [-0.1, -0.05) is 42.0 Å². The van der Waals surface area contributed by atoms with Gasteiger partial charge in [-0.2, -0.15) is 0 Å². The van der Waals surface area contributed by atoms with Crippen LogP contribution in [0.25, 0.3) is 21.9 Å². The van der Waals surface area contributed by atoms with Crippen molar-refractivity contribution in [2.75, 3.05) is 18.0 Å². The van der Waals surface area contributed by atoms with Crippen LogP contribution in [0.3, 0.4) is 0 Å². The van der Waals surface area contributed by atoms with Gasteiger partial charge in [0.2, 0.25) is 0 Å². The topological polar surface area (TPSA) is 23.5 Å². The number of hydrogen-bond acceptors (Lipinski definition) is 2. The molecule has 0 atom stereocenters. The molecule has 3 aromatic rings. The predicted octanol–water partition coefficient (Wildman–Crippen LogP) is 5.51. The molecule has 1 fully saturated rings. The van der Waals surface area contributed by atoms with Crippen molar-refractivity contribution in [1.82, 2.24) is 0 Å². The third kappa shape index (κ3) is 2.62. The monoisotopic (exact) mass is 317 g/mol. The number of aromatic hydroxyl groups is 1. The maximum Gasteiger partial charge on any atom is 0.123 e. The van der Waals surface area contributed by atoms with E-state index in [1.165, 1.54) is 41.3 Å². The van der Waals surface area contributed by atoms with Gasteiger partial charge in [0.15, 0.2) is 0 Å². The lowest BCUT2D eigenvalue weighted by molar-refractivity contribution is 0.477. The van der Waals surface area contributed by atoms with Gasteiger partial charge in [0.1, 0.15) is 5.75 Å². The molecular formula is C22H23NO. The zero-order chi connectivity index (χ0) is 16.5. The highest BCUT2D eigenvalue weighted by Gasteiger charge is 2.19. The van der Waals surface area contributed by atoms with Crippen LogP contribution in [0.2, 0.25) is 0 Å². The smallest absolute Gasteiger partial charge is 0.123 e. The van der Waals surface area contributed by atoms with Crippen molar-refractivity contribution in [1.29, 1.82) is 0 Å². The molecule has 0 spiro atoms. The normalized spacial score (nSPS) is 15.0. The zero-order valence-electron chi connectivity index (χ0n) is 14.1. The lowest BCUT2D eigenvalue weighted by Gasteiger charge is -2.31. The van der Waals surface area contributed by atoms with Gasteiger partial charge in [0.05, 0.1) is 0 Å². The minimum Gasteiger partial charge on any atom is -0.507 e. The molecule has 3 aromatic carbocycles. The number of fused-ring (bicyclic) bond motifs is 1. The van der Waals surface area contributed by atoms with Crippen LogP contribution in [0.1, 0.15) is 24.8 Å². The molecule has 0 unspecified atom stereocenters. The number of hydrogen-bond donors (Lipinski definition) is 1. The molecule has 1 aliphatic rings. The van der Waals surface area contributed by atoms with Gasteiger partial charge in [-0.3, -0.25) is 0 Å². The highest BCUT2D eigenvalue weighted by atomic mass is 16.3. The minimum absolute atomic E-state index is 0.357. The summed E-state index contributed by atoms with van der Waals surface area (Å²) in [7, 11) is 0. The van der Waals surface area contributed by atoms with Crippen molar-refractivity contribution in [2.45, 2.75) is 26.2 Å². The fourth-order valence-corrected chi connectivity index (χ4v) is 3.79. The van der Waals surface area contributed by atoms with Crippen LogP contribution < -0.4 is 4.90 Å². The Labute approximate surface area is 143 Å². The van der Waals surface area contributed by atoms with E-state index in [9.17, 15) is 5.11 Å². The molecular weight excluding hydrogens is 294 g/mol. The summed E-state index contributed by atoms with van der Waals surface area (Å²) in [5.41, 5.74) is 4.51. The van der Waals surface area contributed by atoms with Gasteiger partial charge in [-0.25, -0.2) is 0 Å². The third-order valence-corrected chi connectivity index (χ3v) is 5.03. The third-order valence-electron chi connectivity index (χ3n) is 5.03. The van der Waals surface area contributed by atoms with Gasteiger partial charge in [-0.05, 0) is 55.2 Å². The van der Waals surface area contributed by atoms with Crippen LogP contribution in [-0.4, -0.2) is 18.2 Å². The largest absolute Gasteiger partial charge is 0.507 e. The molecule has 0 amide bonds. The lowest BCUT2D eigenvalue weighted by atomic mass is 9.93. The van der Waals surface area contributed by atoms with Crippen molar-refractivity contribution in [3.63, 3.8) is 0 Å². The highest BCUT2D eigenvalue weighted by Crippen LogP contribution is 2.42. The number of nitrogens with zero attached hydrogens (tertiary/aromatic N) is 1. The molecule has 4 rings (SSSR count). The second-order valence-electron chi connectivity index (χ2n) is 6.75. The van der Waals surface area contributed by atoms with E-state index >= 15 is 0 Å². The average Bonchev–Trinajstić information content (AvgIpc) is 2.63. The van der Waals surface area contributed by atoms with Gasteiger partial charge in [0, 0.05) is 29.9 Å². The highest BCUT2D eigenvalue weighted by molar-refractivity contribution is 6.04. The summed E-state index contributed by atoms with van der Waals surface area (Å²) in [6.45, 7) is 4.27. The standard InChI is InChI=1S/C22H23NO/c1-16-9-12-21(24)19(15-16)22-18-8-4-3-7-17(18)10-11-20(22)23-13-5-2-6-14-23/h3-4,7-12,15,24H,2,5-6,13-14H2,1H3. The van der Waals surface area contributed by atoms with Crippen molar-refractivity contribution in [3.05, 3.63) is 60.2 Å². The van der Waals surface area contributed by atoms with Crippen LogP contribution in [0, 0.1) is 6.92 Å². The van der Waals surface area contributed by atoms with Crippen LogP contribution >= 0.6 is 0 Å². The van der Waals surface area contributed by atoms with Crippen LogP contribution in [0.4, 0.5) is 5.69 Å². The number of rotatable bonds is 2. The van der Waals surface area contributed by atoms with E-state index in [2.05, 4.69) is 54.3 Å². The molecule has 0 aliphatic carbocycles. The first kappa shape index (κ1) is 15.1. The van der Waals surface area contributed by atoms with Gasteiger partial charge in [-0.15, -0.1) is 0 Å². The summed E-state index contributed by atoms with van der Waals surface area (Å²) in [5.74, 6) is 0.357. The molecule has 122 valence electrons. The number of anilines is 1. The Morgan fingerprint density at radius 2 is 1.67 bits per heavy atom. The Hall–Kier alpha value is -2.48. The first-order valence-corrected chi connectivity index (χ1v) is 8.81. The second-order valence-corrected chi connectivity index (χ2v) is 6.75. The molecule has 2 heteroatoms. The fraction of sp³-hybridized carbons (Fsp3) is 0.273. The van der Waals surface area contributed by atoms with E-state index in [0.717, 1.165) is 24.2 Å². The Morgan fingerprint density at radius 3 is 2.50 bits per heavy atom. The summed E-state index contributed by atoms with van der Waals surface area (Å²) in [4.78, 5) is 2.48. The minimum atomic E-state index is 0.357. The van der Waals surface area contributed by atoms with Crippen LogP contribution in [-0.2, 0) is 0 Å². The van der Waals surface area contributed by atoms with E-state index in [4.69, 9.17) is 0 Å². The molecule has 0 bridgehead atoms. The van der Waals surface area contributed by atoms with Crippen molar-refractivity contribution in [3.8, 4) is 16.9 Å². The molecule has 1 heterocycles. The number of phenolic OH excluding ortho intramolecular Hbond substituents is 1. The number of phenols is 1. The molecule has 1 aliphatic heterocycles. The summed E-state index contributed by atoms with van der Waals surface area (Å²) < 4.78 is 0. The Bertz CT molecular complexity index is 878. The van der Waals surface area contributed by atoms with E-state index in [1.807, 2.05) is 12.1 Å². The molecule has 1 N–H and O–H groups in total. The predicted molar refractivity (Wildman–Crippen MR) is 102 cm³/mol. The number of piperidine rings is 1. The summed E-state index contributed by atoms with van der Waals surface area (Å²) >= 11 is 0. The van der Waals surface area contributed by atoms with Crippen LogP contribution in [0.15, 0.2) is 54.6 Å². The van der Waals surface area contributed by atoms with E-state index in [-0.39, 0.29) is 0 Å². The molecule has 0 saturated carbocycles. The Kier molecular flexibility index (Phi) is 3.89. The van der Waals surface area contributed by atoms with Gasteiger partial charge < -0.3 is 10.0 Å². The van der Waals surface area contributed by atoms with Gasteiger partial charge >= 0.3 is 0 Å². The molecule has 24 heavy (non-hydrogen) atoms. The first-order chi connectivity index (χ1) is 11.7. The van der Waals surface area contributed by atoms with Crippen LogP contribution in [0.5, 0.6) is 5.75 Å². The summed E-state index contributed by atoms with van der Waals surface area (Å²) in [6.07, 6.45) is 3.80. The second kappa shape index (κ2) is 6.20. The maximum absolute atomic E-state index is 10.6. The summed E-state index contributed by atoms with van der Waals surface area (Å²) in [6, 6.07) is 18.8. The van der Waals surface area contributed by atoms with Crippen molar-refractivity contribution >= 4 is 16.5 Å². The molecule has 0 aromatic heterocycles. The lowest BCUT2D eigenvalue weighted by Crippen LogP contribution is -2.29. The SMILES string of the molecule is Cc1ccc(O)c(-c2c(N3CCCCC3)ccc3ccccc23)c1. The maximum atomic E-state index is 10.6. The first-order valence-electron chi connectivity index (χ1n) is 8.81. The Morgan fingerprint density at radius 1 is 0.875 bits per heavy atom. The van der Waals surface area contributed by atoms with E-state index in [0.29, 0.717) is 5.75 Å². The Balaban J connectivity index is 2.00. The van der Waals surface area contributed by atoms with Crippen molar-refractivity contribution in [2.24, 2.45) is 0 Å². The van der Waals surface area contributed by atoms with Gasteiger partial charge in [0.25, 0.3) is 0 Å². The quantitative estimate of drug-likeness (QED) is 0.673. The number of benzene rings is 3. The molecule has 2 nitrogen and oxygen atoms in total. The summed E-state index contributed by atoms with van der Waals surface area (Å²) in [5, 5.41) is 13.0. The average molecular weight is 317 g/mol. The fourth-order valence-electron chi connectivity index (χ4n) is 3.79. The number of aryl methyl sites for hydroxylation is 1. The molecule has 0 radical (unpaired) electrons.